The van der Waals surface area contributed by atoms with E-state index in [1.807, 2.05) is 0 Å². The number of unbranched alkanes of at least 4 members (excludes halogenated alkanes) is 1. The molecule has 1 rings (SSSR count). The molecule has 1 aromatic heterocycles. The molecule has 19 heavy (non-hydrogen) atoms. The predicted molar refractivity (Wildman–Crippen MR) is 76.3 cm³/mol. The zero-order valence-electron chi connectivity index (χ0n) is 11.6. The van der Waals surface area contributed by atoms with Gasteiger partial charge in [-0.2, -0.15) is 0 Å². The molecule has 0 radical (unpaired) electrons. The number of nitrogens with two attached hydrogens (primary N) is 1. The van der Waals surface area contributed by atoms with Gasteiger partial charge in [0.1, 0.15) is 0 Å². The summed E-state index contributed by atoms with van der Waals surface area (Å²) >= 11 is 0. The van der Waals surface area contributed by atoms with Crippen molar-refractivity contribution in [3.63, 3.8) is 0 Å². The Bertz CT molecular complexity index is 404. The van der Waals surface area contributed by atoms with Crippen LogP contribution in [0.3, 0.4) is 0 Å². The molecule has 2 N–H and O–H groups in total. The molecule has 108 valence electrons. The first-order valence-corrected chi connectivity index (χ1v) is 6.85. The lowest BCUT2D eigenvalue weighted by atomic mass is 10.4. The number of aryl methyl sites for hydroxylation is 1. The lowest BCUT2D eigenvalue weighted by Crippen LogP contribution is -2.20. The summed E-state index contributed by atoms with van der Waals surface area (Å²) in [5.41, 5.74) is 6.20. The number of hydrogen-bond donors (Lipinski definition) is 1. The summed E-state index contributed by atoms with van der Waals surface area (Å²) < 4.78 is 12.4. The first kappa shape index (κ1) is 15.7. The van der Waals surface area contributed by atoms with Crippen molar-refractivity contribution in [2.24, 2.45) is 0 Å². The summed E-state index contributed by atoms with van der Waals surface area (Å²) in [7, 11) is 0. The average Bonchev–Trinajstić information content (AvgIpc) is 2.40. The molecule has 0 aliphatic heterocycles. The monoisotopic (exact) mass is 268 g/mol. The van der Waals surface area contributed by atoms with Crippen molar-refractivity contribution < 1.29 is 9.47 Å². The van der Waals surface area contributed by atoms with Gasteiger partial charge < -0.3 is 19.8 Å². The van der Waals surface area contributed by atoms with Crippen LogP contribution >= 0.6 is 0 Å². The second-order valence-corrected chi connectivity index (χ2v) is 4.43. The Morgan fingerprint density at radius 2 is 1.79 bits per heavy atom. The Kier molecular flexibility index (Phi) is 7.93. The Labute approximate surface area is 114 Å². The van der Waals surface area contributed by atoms with Gasteiger partial charge in [-0.3, -0.25) is 4.79 Å². The van der Waals surface area contributed by atoms with E-state index in [9.17, 15) is 4.79 Å². The molecule has 0 aliphatic carbocycles. The minimum Gasteiger partial charge on any atom is -0.398 e. The molecule has 0 atom stereocenters. The number of nitrogens with zero attached hydrogens (tertiary/aromatic N) is 1. The number of nitrogen functional groups attached to an aromatic ring is 1. The molecule has 0 spiro atoms. The third-order valence-electron chi connectivity index (χ3n) is 2.71. The van der Waals surface area contributed by atoms with E-state index in [1.165, 1.54) is 6.07 Å². The van der Waals surface area contributed by atoms with E-state index >= 15 is 0 Å². The number of hydrogen-bond acceptors (Lipinski definition) is 4. The fraction of sp³-hybridized carbons (Fsp3) is 0.643. The van der Waals surface area contributed by atoms with Crippen LogP contribution in [0.2, 0.25) is 0 Å². The third-order valence-corrected chi connectivity index (χ3v) is 2.71. The molecular weight excluding hydrogens is 244 g/mol. The fourth-order valence-corrected chi connectivity index (χ4v) is 1.63. The van der Waals surface area contributed by atoms with E-state index in [0.717, 1.165) is 25.9 Å². The second kappa shape index (κ2) is 9.58. The van der Waals surface area contributed by atoms with Crippen molar-refractivity contribution in [3.05, 3.63) is 28.7 Å². The molecule has 0 aliphatic rings. The van der Waals surface area contributed by atoms with Gasteiger partial charge >= 0.3 is 0 Å². The van der Waals surface area contributed by atoms with Gasteiger partial charge in [-0.15, -0.1) is 0 Å². The summed E-state index contributed by atoms with van der Waals surface area (Å²) in [6, 6.07) is 3.10. The van der Waals surface area contributed by atoms with Crippen molar-refractivity contribution in [3.8, 4) is 0 Å². The largest absolute Gasteiger partial charge is 0.398 e. The second-order valence-electron chi connectivity index (χ2n) is 4.43. The maximum atomic E-state index is 11.5. The molecular formula is C14H24N2O3. The molecule has 0 saturated heterocycles. The van der Waals surface area contributed by atoms with Crippen molar-refractivity contribution >= 4 is 5.69 Å². The van der Waals surface area contributed by atoms with Crippen LogP contribution in [0, 0.1) is 0 Å². The first-order valence-electron chi connectivity index (χ1n) is 6.85. The lowest BCUT2D eigenvalue weighted by Gasteiger charge is -2.07. The van der Waals surface area contributed by atoms with Crippen molar-refractivity contribution in [1.29, 1.82) is 0 Å². The molecule has 0 bridgehead atoms. The number of aromatic nitrogens is 1. The number of anilines is 1. The molecule has 0 amide bonds. The van der Waals surface area contributed by atoms with Crippen LogP contribution in [0.1, 0.15) is 26.2 Å². The van der Waals surface area contributed by atoms with Gasteiger partial charge in [0, 0.05) is 37.7 Å². The minimum absolute atomic E-state index is 0.0305. The van der Waals surface area contributed by atoms with Gasteiger partial charge in [0.25, 0.3) is 5.56 Å². The van der Waals surface area contributed by atoms with Crippen molar-refractivity contribution in [2.45, 2.75) is 32.7 Å². The highest BCUT2D eigenvalue weighted by molar-refractivity contribution is 5.33. The van der Waals surface area contributed by atoms with Gasteiger partial charge in [-0.1, -0.05) is 13.3 Å². The van der Waals surface area contributed by atoms with Gasteiger partial charge in [-0.05, 0) is 18.9 Å². The molecule has 1 aromatic rings. The summed E-state index contributed by atoms with van der Waals surface area (Å²) in [6.07, 6.45) is 4.70. The molecule has 1 heterocycles. The number of ether oxygens (including phenoxy) is 2. The molecule has 0 saturated carbocycles. The van der Waals surface area contributed by atoms with E-state index in [2.05, 4.69) is 6.92 Å². The molecule has 0 aromatic carbocycles. The van der Waals surface area contributed by atoms with E-state index in [1.54, 1.807) is 16.8 Å². The highest BCUT2D eigenvalue weighted by Crippen LogP contribution is 1.97. The number of pyridine rings is 1. The Morgan fingerprint density at radius 3 is 2.47 bits per heavy atom. The van der Waals surface area contributed by atoms with Gasteiger partial charge in [-0.25, -0.2) is 0 Å². The van der Waals surface area contributed by atoms with Crippen LogP contribution < -0.4 is 11.3 Å². The van der Waals surface area contributed by atoms with Crippen LogP contribution in [-0.4, -0.2) is 31.0 Å². The van der Waals surface area contributed by atoms with Gasteiger partial charge in [0.2, 0.25) is 0 Å². The molecule has 0 fully saturated rings. The predicted octanol–water partition coefficient (Wildman–Crippen LogP) is 1.65. The highest BCUT2D eigenvalue weighted by atomic mass is 16.5. The van der Waals surface area contributed by atoms with Crippen molar-refractivity contribution in [1.82, 2.24) is 4.57 Å². The zero-order valence-corrected chi connectivity index (χ0v) is 11.6. The third kappa shape index (κ3) is 6.98. The standard InChI is InChI=1S/C14H24N2O3/c1-2-3-8-18-10-11-19-9-4-7-16-12-13(15)5-6-14(16)17/h5-6,12H,2-4,7-11,15H2,1H3. The summed E-state index contributed by atoms with van der Waals surface area (Å²) in [5, 5.41) is 0. The Balaban J connectivity index is 2.04. The van der Waals surface area contributed by atoms with Gasteiger partial charge in [0.15, 0.2) is 0 Å². The molecule has 5 nitrogen and oxygen atoms in total. The quantitative estimate of drug-likeness (QED) is 0.655. The maximum absolute atomic E-state index is 11.5. The SMILES string of the molecule is CCCCOCCOCCCn1cc(N)ccc1=O. The number of rotatable bonds is 10. The Hall–Kier alpha value is -1.33. The van der Waals surface area contributed by atoms with Crippen LogP contribution in [0.15, 0.2) is 23.1 Å². The Morgan fingerprint density at radius 1 is 1.11 bits per heavy atom. The summed E-state index contributed by atoms with van der Waals surface area (Å²) in [4.78, 5) is 11.5. The van der Waals surface area contributed by atoms with Crippen LogP contribution in [-0.2, 0) is 16.0 Å². The maximum Gasteiger partial charge on any atom is 0.250 e. The van der Waals surface area contributed by atoms with E-state index in [-0.39, 0.29) is 5.56 Å². The molecule has 5 heteroatoms. The van der Waals surface area contributed by atoms with Gasteiger partial charge in [0.05, 0.1) is 13.2 Å². The normalized spacial score (nSPS) is 10.8. The zero-order chi connectivity index (χ0) is 13.9. The van der Waals surface area contributed by atoms with Crippen LogP contribution in [0.25, 0.3) is 0 Å². The van der Waals surface area contributed by atoms with Crippen LogP contribution in [0.5, 0.6) is 0 Å². The average molecular weight is 268 g/mol. The minimum atomic E-state index is -0.0305. The summed E-state index contributed by atoms with van der Waals surface area (Å²) in [6.45, 7) is 5.43. The van der Waals surface area contributed by atoms with E-state index < -0.39 is 0 Å². The van der Waals surface area contributed by atoms with Crippen molar-refractivity contribution in [2.75, 3.05) is 32.2 Å². The topological polar surface area (TPSA) is 66.5 Å². The summed E-state index contributed by atoms with van der Waals surface area (Å²) in [5.74, 6) is 0. The lowest BCUT2D eigenvalue weighted by molar-refractivity contribution is 0.0448. The highest BCUT2D eigenvalue weighted by Gasteiger charge is 1.97. The van der Waals surface area contributed by atoms with Crippen LogP contribution in [0.4, 0.5) is 5.69 Å². The van der Waals surface area contributed by atoms with E-state index in [4.69, 9.17) is 15.2 Å². The molecule has 0 unspecified atom stereocenters. The fourth-order valence-electron chi connectivity index (χ4n) is 1.63. The van der Waals surface area contributed by atoms with E-state index in [0.29, 0.717) is 32.1 Å². The first-order chi connectivity index (χ1) is 9.24. The smallest absolute Gasteiger partial charge is 0.250 e.